The molecule has 1 heterocycles. The number of nitrogen functional groups attached to an aromatic ring is 1. The van der Waals surface area contributed by atoms with Crippen LogP contribution in [-0.2, 0) is 0 Å². The van der Waals surface area contributed by atoms with E-state index < -0.39 is 0 Å². The first-order valence-corrected chi connectivity index (χ1v) is 5.33. The third-order valence-corrected chi connectivity index (χ3v) is 2.53. The number of aromatic nitrogens is 1. The van der Waals surface area contributed by atoms with E-state index in [0.29, 0.717) is 15.7 Å². The van der Waals surface area contributed by atoms with Crippen LogP contribution in [0.25, 0.3) is 0 Å². The van der Waals surface area contributed by atoms with Crippen molar-refractivity contribution < 1.29 is 0 Å². The number of nitrogens with two attached hydrogens (primary N) is 1. The summed E-state index contributed by atoms with van der Waals surface area (Å²) >= 11 is 11.9. The summed E-state index contributed by atoms with van der Waals surface area (Å²) in [5.41, 5.74) is 7.70. The maximum atomic E-state index is 6.01. The van der Waals surface area contributed by atoms with Crippen molar-refractivity contribution in [3.05, 3.63) is 46.7 Å². The predicted octanol–water partition coefficient (Wildman–Crippen LogP) is 3.71. The first-order valence-electron chi connectivity index (χ1n) is 4.58. The lowest BCUT2D eigenvalue weighted by Gasteiger charge is -2.08. The van der Waals surface area contributed by atoms with E-state index >= 15 is 0 Å². The molecule has 0 bridgehead atoms. The van der Waals surface area contributed by atoms with E-state index in [-0.39, 0.29) is 0 Å². The van der Waals surface area contributed by atoms with Gasteiger partial charge in [-0.2, -0.15) is 0 Å². The Labute approximate surface area is 103 Å². The van der Waals surface area contributed by atoms with E-state index in [0.717, 1.165) is 11.4 Å². The topological polar surface area (TPSA) is 50.9 Å². The molecule has 16 heavy (non-hydrogen) atoms. The lowest BCUT2D eigenvalue weighted by molar-refractivity contribution is 1.32. The molecule has 0 aliphatic rings. The highest BCUT2D eigenvalue weighted by Gasteiger charge is 2.02. The minimum atomic E-state index is 0.586. The van der Waals surface area contributed by atoms with Crippen molar-refractivity contribution in [2.24, 2.45) is 0 Å². The van der Waals surface area contributed by atoms with Gasteiger partial charge in [-0.25, -0.2) is 0 Å². The first kappa shape index (κ1) is 11.0. The molecule has 1 aromatic carbocycles. The van der Waals surface area contributed by atoms with Gasteiger partial charge >= 0.3 is 0 Å². The Balaban J connectivity index is 2.30. The number of hydrogen-bond acceptors (Lipinski definition) is 3. The van der Waals surface area contributed by atoms with Gasteiger partial charge in [0.1, 0.15) is 0 Å². The summed E-state index contributed by atoms with van der Waals surface area (Å²) in [5, 5.41) is 4.30. The molecule has 2 aromatic rings. The molecule has 0 unspecified atom stereocenters. The van der Waals surface area contributed by atoms with Gasteiger partial charge in [0.05, 0.1) is 28.3 Å². The molecule has 0 saturated heterocycles. The Kier molecular flexibility index (Phi) is 3.17. The van der Waals surface area contributed by atoms with E-state index in [2.05, 4.69) is 10.3 Å². The molecule has 0 fully saturated rings. The van der Waals surface area contributed by atoms with Crippen LogP contribution in [0.3, 0.4) is 0 Å². The summed E-state index contributed by atoms with van der Waals surface area (Å²) in [6.07, 6.45) is 3.23. The zero-order valence-electron chi connectivity index (χ0n) is 8.24. The van der Waals surface area contributed by atoms with E-state index in [4.69, 9.17) is 28.9 Å². The first-order chi connectivity index (χ1) is 7.65. The highest BCUT2D eigenvalue weighted by atomic mass is 35.5. The zero-order valence-corrected chi connectivity index (χ0v) is 9.76. The average Bonchev–Trinajstić information content (AvgIpc) is 2.24. The molecule has 0 aliphatic heterocycles. The van der Waals surface area contributed by atoms with E-state index in [9.17, 15) is 0 Å². The third kappa shape index (κ3) is 2.56. The fraction of sp³-hybridized carbons (Fsp3) is 0. The summed E-state index contributed by atoms with van der Waals surface area (Å²) in [7, 11) is 0. The van der Waals surface area contributed by atoms with Crippen molar-refractivity contribution in [1.82, 2.24) is 4.98 Å². The van der Waals surface area contributed by atoms with Gasteiger partial charge in [0.25, 0.3) is 0 Å². The van der Waals surface area contributed by atoms with Crippen LogP contribution in [0, 0.1) is 0 Å². The Morgan fingerprint density at radius 3 is 2.69 bits per heavy atom. The molecule has 0 amide bonds. The zero-order chi connectivity index (χ0) is 11.5. The van der Waals surface area contributed by atoms with E-state index in [1.165, 1.54) is 0 Å². The van der Waals surface area contributed by atoms with Gasteiger partial charge < -0.3 is 11.1 Å². The monoisotopic (exact) mass is 253 g/mol. The van der Waals surface area contributed by atoms with E-state index in [1.54, 1.807) is 36.7 Å². The minimum Gasteiger partial charge on any atom is -0.397 e. The van der Waals surface area contributed by atoms with Crippen molar-refractivity contribution >= 4 is 40.3 Å². The highest BCUT2D eigenvalue weighted by molar-refractivity contribution is 6.35. The van der Waals surface area contributed by atoms with Crippen LogP contribution >= 0.6 is 23.2 Å². The molecule has 0 radical (unpaired) electrons. The maximum Gasteiger partial charge on any atom is 0.0642 e. The van der Waals surface area contributed by atoms with Gasteiger partial charge in [-0.05, 0) is 24.3 Å². The van der Waals surface area contributed by atoms with Crippen molar-refractivity contribution in [2.45, 2.75) is 0 Å². The molecular weight excluding hydrogens is 245 g/mol. The lowest BCUT2D eigenvalue weighted by Crippen LogP contribution is -1.94. The number of pyridine rings is 1. The van der Waals surface area contributed by atoms with Crippen molar-refractivity contribution in [2.75, 3.05) is 11.1 Å². The number of benzene rings is 1. The molecule has 0 atom stereocenters. The van der Waals surface area contributed by atoms with Crippen LogP contribution in [0.15, 0.2) is 36.7 Å². The quantitative estimate of drug-likeness (QED) is 0.858. The largest absolute Gasteiger partial charge is 0.397 e. The standard InChI is InChI=1S/C11H9Cl2N3/c12-7-1-2-10(13)11(3-7)16-9-4-8(14)5-15-6-9/h1-6,16H,14H2. The van der Waals surface area contributed by atoms with Gasteiger partial charge in [0.15, 0.2) is 0 Å². The van der Waals surface area contributed by atoms with Crippen molar-refractivity contribution in [1.29, 1.82) is 0 Å². The summed E-state index contributed by atoms with van der Waals surface area (Å²) in [4.78, 5) is 3.97. The Morgan fingerprint density at radius 2 is 1.94 bits per heavy atom. The number of rotatable bonds is 2. The van der Waals surface area contributed by atoms with Crippen molar-refractivity contribution in [3.8, 4) is 0 Å². The number of halogens is 2. The summed E-state index contributed by atoms with van der Waals surface area (Å²) in [6.45, 7) is 0. The smallest absolute Gasteiger partial charge is 0.0642 e. The van der Waals surface area contributed by atoms with Crippen molar-refractivity contribution in [3.63, 3.8) is 0 Å². The van der Waals surface area contributed by atoms with Crippen LogP contribution in [0.4, 0.5) is 17.1 Å². The molecule has 82 valence electrons. The maximum absolute atomic E-state index is 6.01. The second-order valence-corrected chi connectivity index (χ2v) is 4.10. The summed E-state index contributed by atoms with van der Waals surface area (Å²) < 4.78 is 0. The van der Waals surface area contributed by atoms with Crippen LogP contribution < -0.4 is 11.1 Å². The Bertz CT molecular complexity index is 514. The fourth-order valence-corrected chi connectivity index (χ4v) is 1.61. The predicted molar refractivity (Wildman–Crippen MR) is 68.4 cm³/mol. The van der Waals surface area contributed by atoms with Gasteiger partial charge in [-0.1, -0.05) is 23.2 Å². The van der Waals surface area contributed by atoms with Crippen LogP contribution in [0.2, 0.25) is 10.0 Å². The molecule has 3 nitrogen and oxygen atoms in total. The lowest BCUT2D eigenvalue weighted by atomic mass is 10.3. The van der Waals surface area contributed by atoms with Gasteiger partial charge in [-0.15, -0.1) is 0 Å². The SMILES string of the molecule is Nc1cncc(Nc2cc(Cl)ccc2Cl)c1. The number of hydrogen-bond donors (Lipinski definition) is 2. The second kappa shape index (κ2) is 4.60. The second-order valence-electron chi connectivity index (χ2n) is 3.26. The number of nitrogens with one attached hydrogen (secondary N) is 1. The molecule has 5 heteroatoms. The Hall–Kier alpha value is -1.45. The minimum absolute atomic E-state index is 0.586. The van der Waals surface area contributed by atoms with E-state index in [1.807, 2.05) is 0 Å². The normalized spacial score (nSPS) is 10.1. The third-order valence-electron chi connectivity index (χ3n) is 1.97. The molecule has 0 spiro atoms. The van der Waals surface area contributed by atoms with Crippen LogP contribution in [0.1, 0.15) is 0 Å². The summed E-state index contributed by atoms with van der Waals surface area (Å²) in [5.74, 6) is 0. The molecule has 0 aliphatic carbocycles. The summed E-state index contributed by atoms with van der Waals surface area (Å²) in [6, 6.07) is 6.97. The number of anilines is 3. The average molecular weight is 254 g/mol. The molecule has 2 rings (SSSR count). The fourth-order valence-electron chi connectivity index (χ4n) is 1.27. The molecule has 0 saturated carbocycles. The highest BCUT2D eigenvalue weighted by Crippen LogP contribution is 2.28. The molecular formula is C11H9Cl2N3. The molecule has 3 N–H and O–H groups in total. The van der Waals surface area contributed by atoms with Crippen LogP contribution in [-0.4, -0.2) is 4.98 Å². The van der Waals surface area contributed by atoms with Crippen LogP contribution in [0.5, 0.6) is 0 Å². The van der Waals surface area contributed by atoms with Gasteiger partial charge in [-0.3, -0.25) is 4.98 Å². The van der Waals surface area contributed by atoms with Gasteiger partial charge in [0.2, 0.25) is 0 Å². The molecule has 1 aromatic heterocycles. The Morgan fingerprint density at radius 1 is 1.12 bits per heavy atom. The number of nitrogens with zero attached hydrogens (tertiary/aromatic N) is 1. The van der Waals surface area contributed by atoms with Gasteiger partial charge in [0, 0.05) is 11.2 Å².